The smallest absolute Gasteiger partial charge is 0.404 e. The van der Waals surface area contributed by atoms with Crippen LogP contribution in [0.15, 0.2) is 59.3 Å². The van der Waals surface area contributed by atoms with Crippen molar-refractivity contribution >= 4 is 55.9 Å². The van der Waals surface area contributed by atoms with E-state index in [4.69, 9.17) is 5.11 Å². The molecule has 0 fully saturated rings. The summed E-state index contributed by atoms with van der Waals surface area (Å²) in [6.45, 7) is 0.178. The van der Waals surface area contributed by atoms with Gasteiger partial charge in [-0.3, -0.25) is 4.79 Å². The lowest BCUT2D eigenvalue weighted by molar-refractivity contribution is -0.105. The molecule has 8 heteroatoms. The monoisotopic (exact) mass is 440 g/mol. The van der Waals surface area contributed by atoms with Gasteiger partial charge in [0.05, 0.1) is 17.2 Å². The van der Waals surface area contributed by atoms with Crippen LogP contribution in [-0.4, -0.2) is 33.7 Å². The highest BCUT2D eigenvalue weighted by molar-refractivity contribution is 9.10. The average molecular weight is 441 g/mol. The Balaban J connectivity index is 1.90. The molecule has 1 unspecified atom stereocenters. The fourth-order valence-corrected chi connectivity index (χ4v) is 3.94. The number of nitrogens with one attached hydrogen (secondary N) is 3. The van der Waals surface area contributed by atoms with E-state index >= 15 is 0 Å². The van der Waals surface area contributed by atoms with Crippen LogP contribution in [0.3, 0.4) is 0 Å². The third-order valence-corrected chi connectivity index (χ3v) is 5.27. The second-order valence-electron chi connectivity index (χ2n) is 6.37. The minimum atomic E-state index is -1.09. The number of amides is 2. The van der Waals surface area contributed by atoms with Gasteiger partial charge in [-0.15, -0.1) is 0 Å². The van der Waals surface area contributed by atoms with E-state index in [1.54, 1.807) is 0 Å². The average Bonchev–Trinajstić information content (AvgIpc) is 3.25. The van der Waals surface area contributed by atoms with Crippen molar-refractivity contribution in [1.29, 1.82) is 0 Å². The summed E-state index contributed by atoms with van der Waals surface area (Å²) in [5.74, 6) is 0. The third kappa shape index (κ3) is 3.22. The normalized spacial score (nSPS) is 12.2. The van der Waals surface area contributed by atoms with E-state index in [-0.39, 0.29) is 12.6 Å². The molecule has 0 radical (unpaired) electrons. The zero-order valence-corrected chi connectivity index (χ0v) is 16.2. The topological polar surface area (TPSA) is 99.2 Å². The summed E-state index contributed by atoms with van der Waals surface area (Å²) in [5.41, 5.74) is 3.48. The maximum atomic E-state index is 11.2. The van der Waals surface area contributed by atoms with Crippen molar-refractivity contribution in [2.24, 2.45) is 0 Å². The van der Waals surface area contributed by atoms with E-state index < -0.39 is 6.09 Å². The number of nitrogens with zero attached hydrogens (tertiary/aromatic N) is 1. The zero-order chi connectivity index (χ0) is 19.7. The van der Waals surface area contributed by atoms with E-state index in [1.807, 2.05) is 59.4 Å². The molecule has 0 saturated carbocycles. The molecule has 1 atom stereocenters. The molecule has 2 aromatic carbocycles. The predicted molar refractivity (Wildman–Crippen MR) is 112 cm³/mol. The summed E-state index contributed by atoms with van der Waals surface area (Å²) < 4.78 is 2.94. The Hall–Kier alpha value is -3.26. The summed E-state index contributed by atoms with van der Waals surface area (Å²) in [6.07, 6.45) is 3.29. The van der Waals surface area contributed by atoms with Crippen LogP contribution >= 0.6 is 15.9 Å². The number of benzene rings is 2. The molecule has 142 valence electrons. The number of carbonyl (C=O) groups is 2. The lowest BCUT2D eigenvalue weighted by Crippen LogP contribution is -2.29. The zero-order valence-electron chi connectivity index (χ0n) is 14.6. The molecular formula is C20H17BrN4O3. The van der Waals surface area contributed by atoms with E-state index in [0.717, 1.165) is 31.8 Å². The molecule has 2 aromatic heterocycles. The SMILES string of the molecule is O=CNc1cn(C(CNC(=O)O)c2c[nH]c3cc(Br)ccc23)c2ccccc12. The number of carboxylic acid groups (broad SMARTS) is 1. The summed E-state index contributed by atoms with van der Waals surface area (Å²) in [6, 6.07) is 13.3. The molecule has 0 spiro atoms. The maximum absolute atomic E-state index is 11.2. The molecule has 0 aliphatic heterocycles. The van der Waals surface area contributed by atoms with Gasteiger partial charge in [0, 0.05) is 45.3 Å². The van der Waals surface area contributed by atoms with Crippen molar-refractivity contribution < 1.29 is 14.7 Å². The van der Waals surface area contributed by atoms with E-state index in [9.17, 15) is 9.59 Å². The number of halogens is 1. The largest absolute Gasteiger partial charge is 0.465 e. The van der Waals surface area contributed by atoms with Crippen molar-refractivity contribution in [3.63, 3.8) is 0 Å². The molecule has 0 aliphatic rings. The molecule has 0 aliphatic carbocycles. The second-order valence-corrected chi connectivity index (χ2v) is 7.28. The number of anilines is 1. The fraction of sp³-hybridized carbons (Fsp3) is 0.100. The first-order chi connectivity index (χ1) is 13.6. The molecule has 2 heterocycles. The van der Waals surface area contributed by atoms with Gasteiger partial charge in [-0.05, 0) is 18.2 Å². The van der Waals surface area contributed by atoms with Gasteiger partial charge in [0.1, 0.15) is 0 Å². The first kappa shape index (κ1) is 18.1. The van der Waals surface area contributed by atoms with Crippen molar-refractivity contribution in [1.82, 2.24) is 14.9 Å². The van der Waals surface area contributed by atoms with E-state index in [2.05, 4.69) is 31.5 Å². The number of para-hydroxylation sites is 1. The van der Waals surface area contributed by atoms with Crippen molar-refractivity contribution in [2.45, 2.75) is 6.04 Å². The molecule has 2 amide bonds. The number of aromatic nitrogens is 2. The molecule has 7 nitrogen and oxygen atoms in total. The first-order valence-electron chi connectivity index (χ1n) is 8.61. The molecule has 4 aromatic rings. The summed E-state index contributed by atoms with van der Waals surface area (Å²) in [5, 5.41) is 16.3. The van der Waals surface area contributed by atoms with Crippen LogP contribution in [0.2, 0.25) is 0 Å². The number of fused-ring (bicyclic) bond motifs is 2. The van der Waals surface area contributed by atoms with Gasteiger partial charge in [-0.2, -0.15) is 0 Å². The Morgan fingerprint density at radius 1 is 1.25 bits per heavy atom. The van der Waals surface area contributed by atoms with Gasteiger partial charge >= 0.3 is 6.09 Å². The van der Waals surface area contributed by atoms with Gasteiger partial charge in [-0.25, -0.2) is 4.79 Å². The number of hydrogen-bond donors (Lipinski definition) is 4. The summed E-state index contributed by atoms with van der Waals surface area (Å²) in [7, 11) is 0. The minimum Gasteiger partial charge on any atom is -0.465 e. The Morgan fingerprint density at radius 3 is 2.86 bits per heavy atom. The van der Waals surface area contributed by atoms with Crippen LogP contribution < -0.4 is 10.6 Å². The Bertz CT molecular complexity index is 1180. The highest BCUT2D eigenvalue weighted by Crippen LogP contribution is 2.34. The minimum absolute atomic E-state index is 0.178. The lowest BCUT2D eigenvalue weighted by Gasteiger charge is -2.20. The van der Waals surface area contributed by atoms with Crippen LogP contribution in [0.1, 0.15) is 11.6 Å². The lowest BCUT2D eigenvalue weighted by atomic mass is 10.1. The van der Waals surface area contributed by atoms with Crippen molar-refractivity contribution in [3.05, 3.63) is 64.9 Å². The molecule has 0 bridgehead atoms. The van der Waals surface area contributed by atoms with Gasteiger partial charge in [0.25, 0.3) is 0 Å². The molecule has 0 saturated heterocycles. The summed E-state index contributed by atoms with van der Waals surface area (Å²) >= 11 is 3.47. The molecule has 4 rings (SSSR count). The molecular weight excluding hydrogens is 424 g/mol. The first-order valence-corrected chi connectivity index (χ1v) is 9.41. The molecule has 28 heavy (non-hydrogen) atoms. The van der Waals surface area contributed by atoms with Crippen LogP contribution in [-0.2, 0) is 4.79 Å². The Labute approximate surface area is 168 Å². The second kappa shape index (κ2) is 7.40. The van der Waals surface area contributed by atoms with Gasteiger partial charge < -0.3 is 25.3 Å². The van der Waals surface area contributed by atoms with Gasteiger partial charge in [0.2, 0.25) is 6.41 Å². The highest BCUT2D eigenvalue weighted by atomic mass is 79.9. The maximum Gasteiger partial charge on any atom is 0.404 e. The Morgan fingerprint density at radius 2 is 2.07 bits per heavy atom. The number of hydrogen-bond acceptors (Lipinski definition) is 2. The van der Waals surface area contributed by atoms with Crippen LogP contribution in [0.4, 0.5) is 10.5 Å². The van der Waals surface area contributed by atoms with Gasteiger partial charge in [0.15, 0.2) is 0 Å². The van der Waals surface area contributed by atoms with E-state index in [1.165, 1.54) is 0 Å². The van der Waals surface area contributed by atoms with Crippen LogP contribution in [0.25, 0.3) is 21.8 Å². The number of aromatic amines is 1. The molecule has 4 N–H and O–H groups in total. The fourth-order valence-electron chi connectivity index (χ4n) is 3.58. The Kier molecular flexibility index (Phi) is 4.79. The number of rotatable bonds is 6. The van der Waals surface area contributed by atoms with Crippen molar-refractivity contribution in [3.8, 4) is 0 Å². The third-order valence-electron chi connectivity index (χ3n) is 4.77. The number of H-pyrrole nitrogens is 1. The highest BCUT2D eigenvalue weighted by Gasteiger charge is 2.22. The van der Waals surface area contributed by atoms with E-state index in [0.29, 0.717) is 12.1 Å². The van der Waals surface area contributed by atoms with Gasteiger partial charge in [-0.1, -0.05) is 40.2 Å². The quantitative estimate of drug-likeness (QED) is 0.336. The van der Waals surface area contributed by atoms with Crippen molar-refractivity contribution in [2.75, 3.05) is 11.9 Å². The predicted octanol–water partition coefficient (Wildman–Crippen LogP) is 4.31. The van der Waals surface area contributed by atoms with Crippen LogP contribution in [0.5, 0.6) is 0 Å². The number of carbonyl (C=O) groups excluding carboxylic acids is 1. The standard InChI is InChI=1S/C20H17BrN4O3/c21-12-5-6-13-15(8-22-16(13)7-12)19(9-23-20(27)28)25-10-17(24-11-26)14-3-1-2-4-18(14)25/h1-8,10-11,19,22-23H,9H2,(H,24,26)(H,27,28). The van der Waals surface area contributed by atoms with Crippen LogP contribution in [0, 0.1) is 0 Å². The summed E-state index contributed by atoms with van der Waals surface area (Å²) in [4.78, 5) is 25.5.